The Morgan fingerprint density at radius 1 is 1.05 bits per heavy atom. The highest BCUT2D eigenvalue weighted by Gasteiger charge is 2.67. The van der Waals surface area contributed by atoms with Crippen LogP contribution in [0, 0.1) is 35.5 Å². The van der Waals surface area contributed by atoms with Gasteiger partial charge in [0.05, 0.1) is 0 Å². The Kier molecular flexibility index (Phi) is 2.87. The van der Waals surface area contributed by atoms with Crippen molar-refractivity contribution in [1.82, 2.24) is 5.32 Å². The summed E-state index contributed by atoms with van der Waals surface area (Å²) >= 11 is 0. The SMILES string of the molecule is NC1CCCC(CNC(=O)C2C3C4CCC(C4)C23)C1. The summed E-state index contributed by atoms with van der Waals surface area (Å²) in [5.74, 6) is 4.72. The first-order valence-corrected chi connectivity index (χ1v) is 8.27. The maximum atomic E-state index is 12.3. The first kappa shape index (κ1) is 12.2. The fourth-order valence-corrected chi connectivity index (χ4v) is 5.56. The lowest BCUT2D eigenvalue weighted by atomic mass is 9.86. The van der Waals surface area contributed by atoms with Gasteiger partial charge in [0, 0.05) is 18.5 Å². The topological polar surface area (TPSA) is 55.1 Å². The van der Waals surface area contributed by atoms with Gasteiger partial charge in [0.25, 0.3) is 0 Å². The number of amides is 1. The molecule has 3 heteroatoms. The van der Waals surface area contributed by atoms with Crippen LogP contribution < -0.4 is 11.1 Å². The summed E-state index contributed by atoms with van der Waals surface area (Å²) in [6.45, 7) is 0.873. The van der Waals surface area contributed by atoms with Crippen molar-refractivity contribution in [2.75, 3.05) is 6.54 Å². The van der Waals surface area contributed by atoms with Crippen molar-refractivity contribution in [1.29, 1.82) is 0 Å². The monoisotopic (exact) mass is 262 g/mol. The van der Waals surface area contributed by atoms with E-state index >= 15 is 0 Å². The Morgan fingerprint density at radius 2 is 1.79 bits per heavy atom. The minimum absolute atomic E-state index is 0.366. The van der Waals surface area contributed by atoms with Crippen LogP contribution in [-0.2, 0) is 4.79 Å². The van der Waals surface area contributed by atoms with Gasteiger partial charge in [0.1, 0.15) is 0 Å². The van der Waals surface area contributed by atoms with Crippen LogP contribution in [0.1, 0.15) is 44.9 Å². The molecular formula is C16H26N2O. The summed E-state index contributed by atoms with van der Waals surface area (Å²) < 4.78 is 0. The van der Waals surface area contributed by atoms with Crippen LogP contribution in [0.3, 0.4) is 0 Å². The molecular weight excluding hydrogens is 236 g/mol. The van der Waals surface area contributed by atoms with Gasteiger partial charge in [-0.25, -0.2) is 0 Å². The highest BCUT2D eigenvalue weighted by atomic mass is 16.2. The molecule has 3 nitrogen and oxygen atoms in total. The number of hydrogen-bond donors (Lipinski definition) is 2. The zero-order valence-corrected chi connectivity index (χ0v) is 11.7. The molecule has 0 aliphatic heterocycles. The first-order chi connectivity index (χ1) is 9.24. The van der Waals surface area contributed by atoms with E-state index in [2.05, 4.69) is 5.32 Å². The Hall–Kier alpha value is -0.570. The van der Waals surface area contributed by atoms with Crippen LogP contribution >= 0.6 is 0 Å². The quantitative estimate of drug-likeness (QED) is 0.816. The maximum Gasteiger partial charge on any atom is 0.223 e. The van der Waals surface area contributed by atoms with Crippen molar-refractivity contribution < 1.29 is 4.79 Å². The molecule has 0 aromatic heterocycles. The van der Waals surface area contributed by atoms with Crippen LogP contribution in [0.25, 0.3) is 0 Å². The summed E-state index contributed by atoms with van der Waals surface area (Å²) in [6.07, 6.45) is 8.97. The maximum absolute atomic E-state index is 12.3. The molecule has 1 amide bonds. The van der Waals surface area contributed by atoms with Gasteiger partial charge < -0.3 is 11.1 Å². The molecule has 6 atom stereocenters. The van der Waals surface area contributed by atoms with Crippen LogP contribution in [0.15, 0.2) is 0 Å². The molecule has 2 bridgehead atoms. The van der Waals surface area contributed by atoms with Crippen LogP contribution in [-0.4, -0.2) is 18.5 Å². The molecule has 4 aliphatic carbocycles. The molecule has 19 heavy (non-hydrogen) atoms. The van der Waals surface area contributed by atoms with Crippen molar-refractivity contribution in [3.05, 3.63) is 0 Å². The first-order valence-electron chi connectivity index (χ1n) is 8.27. The number of hydrogen-bond acceptors (Lipinski definition) is 2. The van der Waals surface area contributed by atoms with Gasteiger partial charge in [-0.1, -0.05) is 6.42 Å². The Balaban J connectivity index is 1.27. The summed E-state index contributed by atoms with van der Waals surface area (Å²) in [5, 5.41) is 3.24. The average Bonchev–Trinajstić information content (AvgIpc) is 2.85. The zero-order valence-electron chi connectivity index (χ0n) is 11.7. The Bertz CT molecular complexity index is 367. The second-order valence-corrected chi connectivity index (χ2v) is 7.55. The van der Waals surface area contributed by atoms with E-state index in [1.807, 2.05) is 0 Å². The predicted molar refractivity (Wildman–Crippen MR) is 74.2 cm³/mol. The second kappa shape index (κ2) is 4.47. The largest absolute Gasteiger partial charge is 0.356 e. The van der Waals surface area contributed by atoms with E-state index in [0.717, 1.165) is 36.6 Å². The minimum Gasteiger partial charge on any atom is -0.356 e. The Labute approximate surface area is 115 Å². The van der Waals surface area contributed by atoms with Crippen LogP contribution in [0.4, 0.5) is 0 Å². The number of nitrogens with one attached hydrogen (secondary N) is 1. The predicted octanol–water partition coefficient (Wildman–Crippen LogP) is 1.91. The molecule has 4 saturated carbocycles. The van der Waals surface area contributed by atoms with E-state index in [4.69, 9.17) is 5.73 Å². The van der Waals surface area contributed by atoms with E-state index < -0.39 is 0 Å². The fourth-order valence-electron chi connectivity index (χ4n) is 5.56. The molecule has 0 aromatic rings. The summed E-state index contributed by atoms with van der Waals surface area (Å²) in [5.41, 5.74) is 6.01. The normalized spacial score (nSPS) is 50.9. The molecule has 4 fully saturated rings. The lowest BCUT2D eigenvalue weighted by Gasteiger charge is -2.26. The molecule has 0 aromatic carbocycles. The van der Waals surface area contributed by atoms with Crippen molar-refractivity contribution >= 4 is 5.91 Å². The highest BCUT2D eigenvalue weighted by molar-refractivity contribution is 5.82. The van der Waals surface area contributed by atoms with Crippen molar-refractivity contribution in [3.8, 4) is 0 Å². The van der Waals surface area contributed by atoms with Gasteiger partial charge in [-0.2, -0.15) is 0 Å². The van der Waals surface area contributed by atoms with Gasteiger partial charge >= 0.3 is 0 Å². The van der Waals surface area contributed by atoms with Crippen LogP contribution in [0.5, 0.6) is 0 Å². The van der Waals surface area contributed by atoms with E-state index in [9.17, 15) is 4.79 Å². The Morgan fingerprint density at radius 3 is 2.47 bits per heavy atom. The lowest BCUT2D eigenvalue weighted by molar-refractivity contribution is -0.123. The zero-order chi connectivity index (χ0) is 13.0. The molecule has 4 rings (SSSR count). The third kappa shape index (κ3) is 2.01. The molecule has 0 heterocycles. The fraction of sp³-hybridized carbons (Fsp3) is 0.938. The van der Waals surface area contributed by atoms with Gasteiger partial charge in [-0.3, -0.25) is 4.79 Å². The molecule has 106 valence electrons. The van der Waals surface area contributed by atoms with E-state index in [-0.39, 0.29) is 0 Å². The summed E-state index contributed by atoms with van der Waals surface area (Å²) in [6, 6.07) is 0.367. The number of fused-ring (bicyclic) bond motifs is 5. The van der Waals surface area contributed by atoms with Gasteiger partial charge in [0.15, 0.2) is 0 Å². The standard InChI is InChI=1S/C16H26N2O/c17-12-3-1-2-9(6-12)8-18-16(19)15-13-10-4-5-11(7-10)14(13)15/h9-15H,1-8,17H2,(H,18,19). The van der Waals surface area contributed by atoms with E-state index in [0.29, 0.717) is 23.8 Å². The number of rotatable bonds is 3. The van der Waals surface area contributed by atoms with Crippen molar-refractivity contribution in [2.24, 2.45) is 41.2 Å². The summed E-state index contributed by atoms with van der Waals surface area (Å²) in [4.78, 5) is 12.3. The highest BCUT2D eigenvalue weighted by Crippen LogP contribution is 2.69. The number of carbonyl (C=O) groups is 1. The third-order valence-corrected chi connectivity index (χ3v) is 6.43. The molecule has 0 radical (unpaired) electrons. The second-order valence-electron chi connectivity index (χ2n) is 7.55. The molecule has 0 spiro atoms. The smallest absolute Gasteiger partial charge is 0.223 e. The minimum atomic E-state index is 0.366. The van der Waals surface area contributed by atoms with Crippen molar-refractivity contribution in [2.45, 2.75) is 51.0 Å². The number of nitrogens with two attached hydrogens (primary N) is 1. The van der Waals surface area contributed by atoms with E-state index in [1.165, 1.54) is 38.5 Å². The van der Waals surface area contributed by atoms with Gasteiger partial charge in [-0.15, -0.1) is 0 Å². The molecule has 4 aliphatic rings. The van der Waals surface area contributed by atoms with Crippen molar-refractivity contribution in [3.63, 3.8) is 0 Å². The number of carbonyl (C=O) groups excluding carboxylic acids is 1. The average molecular weight is 262 g/mol. The molecule has 3 N–H and O–H groups in total. The van der Waals surface area contributed by atoms with Crippen LogP contribution in [0.2, 0.25) is 0 Å². The van der Waals surface area contributed by atoms with Gasteiger partial charge in [0.2, 0.25) is 5.91 Å². The van der Waals surface area contributed by atoms with E-state index in [1.54, 1.807) is 0 Å². The third-order valence-electron chi connectivity index (χ3n) is 6.43. The van der Waals surface area contributed by atoms with Gasteiger partial charge in [-0.05, 0) is 68.1 Å². The lowest BCUT2D eigenvalue weighted by Crippen LogP contribution is -2.36. The molecule has 6 unspecified atom stereocenters. The summed E-state index contributed by atoms with van der Waals surface area (Å²) in [7, 11) is 0. The molecule has 0 saturated heterocycles.